The van der Waals surface area contributed by atoms with Gasteiger partial charge in [-0.3, -0.25) is 4.79 Å². The molecule has 0 radical (unpaired) electrons. The number of nitrogens with one attached hydrogen (secondary N) is 2. The first-order chi connectivity index (χ1) is 10.0. The number of sulfonamides is 1. The molecule has 2 N–H and O–H groups in total. The zero-order chi connectivity index (χ0) is 15.3. The third-order valence-electron chi connectivity index (χ3n) is 2.76. The molecule has 0 atom stereocenters. The Hall–Kier alpha value is -1.70. The molecule has 7 heteroatoms. The lowest BCUT2D eigenvalue weighted by atomic mass is 10.2. The Morgan fingerprint density at radius 1 is 1.24 bits per heavy atom. The number of thiophene rings is 1. The van der Waals surface area contributed by atoms with Gasteiger partial charge in [0.15, 0.2) is 0 Å². The highest BCUT2D eigenvalue weighted by atomic mass is 32.2. The van der Waals surface area contributed by atoms with Gasteiger partial charge in [0.1, 0.15) is 0 Å². The minimum atomic E-state index is -3.61. The minimum Gasteiger partial charge on any atom is -0.352 e. The summed E-state index contributed by atoms with van der Waals surface area (Å²) in [6.45, 7) is 2.53. The number of hydrogen-bond donors (Lipinski definition) is 2. The Kier molecular flexibility index (Phi) is 5.11. The maximum absolute atomic E-state index is 12.2. The van der Waals surface area contributed by atoms with Crippen LogP contribution >= 0.6 is 11.3 Å². The molecule has 1 heterocycles. The summed E-state index contributed by atoms with van der Waals surface area (Å²) in [6, 6.07) is 10.6. The third-order valence-corrected chi connectivity index (χ3v) is 5.21. The number of rotatable bonds is 6. The SMILES string of the molecule is CCNC(=O)c1cc(S(=O)(=O)NCc2ccccc2)cs1. The molecule has 1 aromatic heterocycles. The monoisotopic (exact) mass is 324 g/mol. The van der Waals surface area contributed by atoms with Crippen LogP contribution in [-0.2, 0) is 16.6 Å². The maximum Gasteiger partial charge on any atom is 0.261 e. The van der Waals surface area contributed by atoms with Gasteiger partial charge in [-0.1, -0.05) is 30.3 Å². The fourth-order valence-corrected chi connectivity index (χ4v) is 3.89. The van der Waals surface area contributed by atoms with Crippen LogP contribution in [0.25, 0.3) is 0 Å². The summed E-state index contributed by atoms with van der Waals surface area (Å²) < 4.78 is 26.8. The van der Waals surface area contributed by atoms with Crippen molar-refractivity contribution in [2.45, 2.75) is 18.4 Å². The Morgan fingerprint density at radius 3 is 2.62 bits per heavy atom. The molecule has 0 aliphatic rings. The number of amides is 1. The van der Waals surface area contributed by atoms with E-state index in [1.807, 2.05) is 37.3 Å². The lowest BCUT2D eigenvalue weighted by Gasteiger charge is -2.04. The van der Waals surface area contributed by atoms with E-state index < -0.39 is 10.0 Å². The molecule has 2 rings (SSSR count). The fourth-order valence-electron chi connectivity index (χ4n) is 1.68. The van der Waals surface area contributed by atoms with Crippen molar-refractivity contribution in [1.82, 2.24) is 10.0 Å². The van der Waals surface area contributed by atoms with Gasteiger partial charge in [0.2, 0.25) is 10.0 Å². The van der Waals surface area contributed by atoms with Gasteiger partial charge in [0, 0.05) is 18.5 Å². The smallest absolute Gasteiger partial charge is 0.261 e. The van der Waals surface area contributed by atoms with Crippen molar-refractivity contribution in [3.8, 4) is 0 Å². The topological polar surface area (TPSA) is 75.3 Å². The zero-order valence-electron chi connectivity index (χ0n) is 11.5. The maximum atomic E-state index is 12.2. The molecular weight excluding hydrogens is 308 g/mol. The Labute approximate surface area is 128 Å². The standard InChI is InChI=1S/C14H16N2O3S2/c1-2-15-14(17)13-8-12(10-20-13)21(18,19)16-9-11-6-4-3-5-7-11/h3-8,10,16H,2,9H2,1H3,(H,15,17). The van der Waals surface area contributed by atoms with E-state index in [9.17, 15) is 13.2 Å². The molecule has 0 aliphatic heterocycles. The second-order valence-corrected chi connectivity index (χ2v) is 6.99. The van der Waals surface area contributed by atoms with Crippen molar-refractivity contribution in [3.05, 3.63) is 52.2 Å². The molecule has 0 spiro atoms. The van der Waals surface area contributed by atoms with Crippen molar-refractivity contribution in [1.29, 1.82) is 0 Å². The number of carbonyl (C=O) groups excluding carboxylic acids is 1. The predicted octanol–water partition coefficient (Wildman–Crippen LogP) is 1.98. The molecule has 2 aromatic rings. The summed E-state index contributed by atoms with van der Waals surface area (Å²) in [4.78, 5) is 12.1. The van der Waals surface area contributed by atoms with Crippen LogP contribution in [0, 0.1) is 0 Å². The van der Waals surface area contributed by atoms with Gasteiger partial charge >= 0.3 is 0 Å². The lowest BCUT2D eigenvalue weighted by Crippen LogP contribution is -2.23. The second kappa shape index (κ2) is 6.84. The van der Waals surface area contributed by atoms with E-state index in [0.717, 1.165) is 16.9 Å². The highest BCUT2D eigenvalue weighted by Crippen LogP contribution is 2.19. The number of benzene rings is 1. The predicted molar refractivity (Wildman–Crippen MR) is 82.8 cm³/mol. The van der Waals surface area contributed by atoms with E-state index >= 15 is 0 Å². The van der Waals surface area contributed by atoms with Crippen molar-refractivity contribution < 1.29 is 13.2 Å². The van der Waals surface area contributed by atoms with E-state index in [4.69, 9.17) is 0 Å². The first kappa shape index (κ1) is 15.7. The average molecular weight is 324 g/mol. The van der Waals surface area contributed by atoms with Crippen LogP contribution in [0.2, 0.25) is 0 Å². The quantitative estimate of drug-likeness (QED) is 0.853. The van der Waals surface area contributed by atoms with E-state index in [0.29, 0.717) is 11.4 Å². The van der Waals surface area contributed by atoms with Crippen LogP contribution in [-0.4, -0.2) is 20.9 Å². The molecule has 0 saturated heterocycles. The number of hydrogen-bond acceptors (Lipinski definition) is 4. The lowest BCUT2D eigenvalue weighted by molar-refractivity contribution is 0.0959. The van der Waals surface area contributed by atoms with Crippen molar-refractivity contribution in [3.63, 3.8) is 0 Å². The Bertz CT molecular complexity index is 709. The minimum absolute atomic E-state index is 0.115. The van der Waals surface area contributed by atoms with Gasteiger partial charge in [0.25, 0.3) is 5.91 Å². The summed E-state index contributed by atoms with van der Waals surface area (Å²) in [5.41, 5.74) is 0.875. The summed E-state index contributed by atoms with van der Waals surface area (Å²) in [6.07, 6.45) is 0. The van der Waals surface area contributed by atoms with E-state index in [2.05, 4.69) is 10.0 Å². The van der Waals surface area contributed by atoms with Crippen LogP contribution in [0.3, 0.4) is 0 Å². The Morgan fingerprint density at radius 2 is 1.95 bits per heavy atom. The van der Waals surface area contributed by atoms with Crippen LogP contribution in [0.1, 0.15) is 22.2 Å². The fraction of sp³-hybridized carbons (Fsp3) is 0.214. The van der Waals surface area contributed by atoms with Gasteiger partial charge in [0.05, 0.1) is 9.77 Å². The first-order valence-electron chi connectivity index (χ1n) is 6.43. The van der Waals surface area contributed by atoms with Crippen LogP contribution < -0.4 is 10.0 Å². The van der Waals surface area contributed by atoms with Crippen molar-refractivity contribution in [2.24, 2.45) is 0 Å². The van der Waals surface area contributed by atoms with E-state index in [1.54, 1.807) is 0 Å². The largest absolute Gasteiger partial charge is 0.352 e. The number of carbonyl (C=O) groups is 1. The van der Waals surface area contributed by atoms with Crippen LogP contribution in [0.4, 0.5) is 0 Å². The van der Waals surface area contributed by atoms with E-state index in [-0.39, 0.29) is 17.3 Å². The molecule has 21 heavy (non-hydrogen) atoms. The van der Waals surface area contributed by atoms with Crippen LogP contribution in [0.15, 0.2) is 46.7 Å². The van der Waals surface area contributed by atoms with Gasteiger partial charge in [-0.15, -0.1) is 11.3 Å². The molecule has 1 aromatic carbocycles. The Balaban J connectivity index is 2.08. The van der Waals surface area contributed by atoms with Crippen LogP contribution in [0.5, 0.6) is 0 Å². The summed E-state index contributed by atoms with van der Waals surface area (Å²) >= 11 is 1.11. The molecular formula is C14H16N2O3S2. The second-order valence-electron chi connectivity index (χ2n) is 4.32. The molecule has 0 bridgehead atoms. The van der Waals surface area contributed by atoms with Crippen molar-refractivity contribution >= 4 is 27.3 Å². The molecule has 112 valence electrons. The molecule has 1 amide bonds. The van der Waals surface area contributed by atoms with Gasteiger partial charge < -0.3 is 5.32 Å². The van der Waals surface area contributed by atoms with Crippen molar-refractivity contribution in [2.75, 3.05) is 6.54 Å². The molecule has 0 unspecified atom stereocenters. The summed E-state index contributed by atoms with van der Waals surface area (Å²) in [5.74, 6) is -0.257. The molecule has 0 aliphatic carbocycles. The van der Waals surface area contributed by atoms with E-state index in [1.165, 1.54) is 11.4 Å². The summed E-state index contributed by atoms with van der Waals surface area (Å²) in [5, 5.41) is 4.11. The highest BCUT2D eigenvalue weighted by molar-refractivity contribution is 7.89. The molecule has 0 fully saturated rings. The highest BCUT2D eigenvalue weighted by Gasteiger charge is 2.18. The molecule has 5 nitrogen and oxygen atoms in total. The normalized spacial score (nSPS) is 11.3. The van der Waals surface area contributed by atoms with Gasteiger partial charge in [-0.05, 0) is 18.6 Å². The third kappa shape index (κ3) is 4.13. The average Bonchev–Trinajstić information content (AvgIpc) is 2.97. The van der Waals surface area contributed by atoms with Gasteiger partial charge in [-0.2, -0.15) is 0 Å². The zero-order valence-corrected chi connectivity index (χ0v) is 13.1. The summed E-state index contributed by atoms with van der Waals surface area (Å²) in [7, 11) is -3.61. The van der Waals surface area contributed by atoms with Gasteiger partial charge in [-0.25, -0.2) is 13.1 Å². The first-order valence-corrected chi connectivity index (χ1v) is 8.79. The molecule has 0 saturated carbocycles.